The second-order valence-corrected chi connectivity index (χ2v) is 4.70. The van der Waals surface area contributed by atoms with Crippen LogP contribution in [0.1, 0.15) is 19.8 Å². The number of amides is 1. The second-order valence-electron chi connectivity index (χ2n) is 3.23. The summed E-state index contributed by atoms with van der Waals surface area (Å²) in [4.78, 5) is 10.6. The van der Waals surface area contributed by atoms with E-state index >= 15 is 0 Å². The number of hydrogen-bond acceptors (Lipinski definition) is 2. The smallest absolute Gasteiger partial charge is 0.315 e. The topological polar surface area (TPSA) is 29.1 Å². The van der Waals surface area contributed by atoms with E-state index in [0.29, 0.717) is 5.25 Å². The molecule has 1 amide bonds. The van der Waals surface area contributed by atoms with Gasteiger partial charge in [-0.05, 0) is 12.8 Å². The number of carbonyl (C=O) groups is 1. The lowest BCUT2D eigenvalue weighted by molar-refractivity contribution is -0.132. The zero-order valence-electron chi connectivity index (χ0n) is 7.43. The van der Waals surface area contributed by atoms with E-state index in [2.05, 4.69) is 12.2 Å². The van der Waals surface area contributed by atoms with Crippen molar-refractivity contribution in [3.63, 3.8) is 0 Å². The van der Waals surface area contributed by atoms with E-state index in [1.807, 2.05) is 0 Å². The molecule has 1 rings (SSSR count). The molecular formula is C8H13F2NOS. The lowest BCUT2D eigenvalue weighted by atomic mass is 10.1. The van der Waals surface area contributed by atoms with Gasteiger partial charge in [0.25, 0.3) is 5.91 Å². The molecule has 1 N–H and O–H groups in total. The first-order chi connectivity index (χ1) is 6.09. The molecule has 13 heavy (non-hydrogen) atoms. The van der Waals surface area contributed by atoms with Crippen molar-refractivity contribution < 1.29 is 13.6 Å². The second kappa shape index (κ2) is 4.79. The van der Waals surface area contributed by atoms with Gasteiger partial charge in [0.2, 0.25) is 0 Å². The molecule has 0 aromatic carbocycles. The maximum Gasteiger partial charge on any atom is 0.315 e. The zero-order chi connectivity index (χ0) is 9.84. The minimum atomic E-state index is -2.88. The number of alkyl halides is 2. The molecule has 0 bridgehead atoms. The highest BCUT2D eigenvalue weighted by Gasteiger charge is 2.23. The van der Waals surface area contributed by atoms with E-state index in [0.717, 1.165) is 18.6 Å². The van der Waals surface area contributed by atoms with Crippen LogP contribution >= 0.6 is 11.8 Å². The van der Waals surface area contributed by atoms with Crippen molar-refractivity contribution in [1.29, 1.82) is 0 Å². The van der Waals surface area contributed by atoms with E-state index < -0.39 is 12.3 Å². The minimum absolute atomic E-state index is 0.0669. The summed E-state index contributed by atoms with van der Waals surface area (Å²) in [5, 5.41) is 2.91. The molecule has 0 radical (unpaired) electrons. The number of hydrogen-bond donors (Lipinski definition) is 1. The molecule has 1 fully saturated rings. The van der Waals surface area contributed by atoms with Crippen molar-refractivity contribution in [1.82, 2.24) is 5.32 Å². The van der Waals surface area contributed by atoms with Crippen LogP contribution in [0.3, 0.4) is 0 Å². The zero-order valence-corrected chi connectivity index (χ0v) is 8.24. The van der Waals surface area contributed by atoms with Gasteiger partial charge in [-0.25, -0.2) is 0 Å². The first-order valence-corrected chi connectivity index (χ1v) is 5.34. The first kappa shape index (κ1) is 10.8. The van der Waals surface area contributed by atoms with Crippen molar-refractivity contribution >= 4 is 17.7 Å². The van der Waals surface area contributed by atoms with Gasteiger partial charge in [0, 0.05) is 17.0 Å². The van der Waals surface area contributed by atoms with Gasteiger partial charge < -0.3 is 5.32 Å². The van der Waals surface area contributed by atoms with Gasteiger partial charge in [-0.15, -0.1) is 0 Å². The Hall–Kier alpha value is -0.320. The van der Waals surface area contributed by atoms with Gasteiger partial charge in [-0.1, -0.05) is 6.92 Å². The summed E-state index contributed by atoms with van der Waals surface area (Å²) in [5.74, 6) is -0.389. The van der Waals surface area contributed by atoms with Crippen LogP contribution in [0, 0.1) is 0 Å². The fourth-order valence-electron chi connectivity index (χ4n) is 1.26. The van der Waals surface area contributed by atoms with Crippen LogP contribution in [-0.4, -0.2) is 29.4 Å². The summed E-state index contributed by atoms with van der Waals surface area (Å²) >= 11 is 1.72. The molecule has 0 aliphatic carbocycles. The first-order valence-electron chi connectivity index (χ1n) is 4.29. The molecule has 1 aliphatic heterocycles. The molecular weight excluding hydrogens is 196 g/mol. The Morgan fingerprint density at radius 3 is 2.69 bits per heavy atom. The van der Waals surface area contributed by atoms with Crippen LogP contribution in [0.15, 0.2) is 0 Å². The van der Waals surface area contributed by atoms with Crippen LogP contribution in [-0.2, 0) is 4.79 Å². The summed E-state index contributed by atoms with van der Waals surface area (Å²) in [6.07, 6.45) is -1.09. The van der Waals surface area contributed by atoms with E-state index in [4.69, 9.17) is 0 Å². The number of carbonyl (C=O) groups excluding carboxylic acids is 1. The van der Waals surface area contributed by atoms with Crippen molar-refractivity contribution in [2.75, 3.05) is 5.75 Å². The monoisotopic (exact) mass is 209 g/mol. The van der Waals surface area contributed by atoms with Crippen LogP contribution in [0.25, 0.3) is 0 Å². The van der Waals surface area contributed by atoms with Gasteiger partial charge in [0.05, 0.1) is 0 Å². The van der Waals surface area contributed by atoms with Gasteiger partial charge in [-0.3, -0.25) is 4.79 Å². The molecule has 0 aromatic rings. The molecule has 1 heterocycles. The van der Waals surface area contributed by atoms with E-state index in [1.165, 1.54) is 0 Å². The summed E-state index contributed by atoms with van der Waals surface area (Å²) in [5.41, 5.74) is 0. The Morgan fingerprint density at radius 1 is 1.54 bits per heavy atom. The Labute approximate surface area is 80.5 Å². The van der Waals surface area contributed by atoms with Gasteiger partial charge in [0.15, 0.2) is 0 Å². The normalized spacial score (nSPS) is 28.9. The highest BCUT2D eigenvalue weighted by molar-refractivity contribution is 7.99. The third kappa shape index (κ3) is 3.50. The number of thioether (sulfide) groups is 1. The van der Waals surface area contributed by atoms with E-state index in [9.17, 15) is 13.6 Å². The molecule has 76 valence electrons. The van der Waals surface area contributed by atoms with E-state index in [1.54, 1.807) is 11.8 Å². The molecule has 1 saturated heterocycles. The largest absolute Gasteiger partial charge is 0.348 e. The van der Waals surface area contributed by atoms with Crippen LogP contribution in [0.4, 0.5) is 8.78 Å². The SMILES string of the molecule is CC1CCC(NC(=O)C(F)F)CS1. The molecule has 5 heteroatoms. The number of rotatable bonds is 2. The highest BCUT2D eigenvalue weighted by atomic mass is 32.2. The van der Waals surface area contributed by atoms with Crippen LogP contribution in [0.2, 0.25) is 0 Å². The highest BCUT2D eigenvalue weighted by Crippen LogP contribution is 2.24. The maximum absolute atomic E-state index is 11.8. The molecule has 0 saturated carbocycles. The van der Waals surface area contributed by atoms with Crippen LogP contribution < -0.4 is 5.32 Å². The van der Waals surface area contributed by atoms with Crippen LogP contribution in [0.5, 0.6) is 0 Å². The van der Waals surface area contributed by atoms with Gasteiger partial charge in [-0.2, -0.15) is 20.5 Å². The lowest BCUT2D eigenvalue weighted by Crippen LogP contribution is -2.42. The number of halogens is 2. The molecule has 2 atom stereocenters. The third-order valence-corrected chi connectivity index (χ3v) is 3.45. The van der Waals surface area contributed by atoms with Gasteiger partial charge in [0.1, 0.15) is 0 Å². The average molecular weight is 209 g/mol. The fourth-order valence-corrected chi connectivity index (χ4v) is 2.37. The number of nitrogens with one attached hydrogen (secondary N) is 1. The van der Waals surface area contributed by atoms with E-state index in [-0.39, 0.29) is 6.04 Å². The molecule has 2 unspecified atom stereocenters. The summed E-state index contributed by atoms with van der Waals surface area (Å²) in [6, 6.07) is -0.0669. The molecule has 0 spiro atoms. The maximum atomic E-state index is 11.8. The summed E-state index contributed by atoms with van der Waals surface area (Å²) < 4.78 is 23.7. The molecule has 2 nitrogen and oxygen atoms in total. The minimum Gasteiger partial charge on any atom is -0.348 e. The Balaban J connectivity index is 2.26. The standard InChI is InChI=1S/C8H13F2NOS/c1-5-2-3-6(4-13-5)11-8(12)7(9)10/h5-7H,2-4H2,1H3,(H,11,12). The van der Waals surface area contributed by atoms with Crippen molar-refractivity contribution in [3.8, 4) is 0 Å². The molecule has 0 aromatic heterocycles. The van der Waals surface area contributed by atoms with Crippen molar-refractivity contribution in [3.05, 3.63) is 0 Å². The Bertz CT molecular complexity index is 181. The third-order valence-electron chi connectivity index (χ3n) is 2.05. The predicted octanol–water partition coefficient (Wildman–Crippen LogP) is 1.65. The lowest BCUT2D eigenvalue weighted by Gasteiger charge is -2.26. The summed E-state index contributed by atoms with van der Waals surface area (Å²) in [7, 11) is 0. The van der Waals surface area contributed by atoms with Gasteiger partial charge >= 0.3 is 6.43 Å². The summed E-state index contributed by atoms with van der Waals surface area (Å²) in [6.45, 7) is 2.11. The van der Waals surface area contributed by atoms with Crippen molar-refractivity contribution in [2.45, 2.75) is 37.5 Å². The predicted molar refractivity (Wildman–Crippen MR) is 49.1 cm³/mol. The average Bonchev–Trinajstić information content (AvgIpc) is 2.08. The molecule has 1 aliphatic rings. The Kier molecular flexibility index (Phi) is 3.96. The van der Waals surface area contributed by atoms with Crippen molar-refractivity contribution in [2.24, 2.45) is 0 Å². The fraction of sp³-hybridized carbons (Fsp3) is 0.875. The quantitative estimate of drug-likeness (QED) is 0.749. The Morgan fingerprint density at radius 2 is 2.23 bits per heavy atom.